The molecule has 0 bridgehead atoms. The first-order chi connectivity index (χ1) is 11.4. The molecule has 3 rings (SSSR count). The zero-order valence-corrected chi connectivity index (χ0v) is 13.4. The summed E-state index contributed by atoms with van der Waals surface area (Å²) in [7, 11) is 0. The first-order valence-corrected chi connectivity index (χ1v) is 8.27. The highest BCUT2D eigenvalue weighted by atomic mass is 19.4. The van der Waals surface area contributed by atoms with Crippen LogP contribution in [-0.4, -0.2) is 31.3 Å². The molecule has 1 unspecified atom stereocenters. The number of nitrogens with zero attached hydrogens (tertiary/aromatic N) is 1. The van der Waals surface area contributed by atoms with Crippen LogP contribution in [0.1, 0.15) is 42.7 Å². The lowest BCUT2D eigenvalue weighted by Crippen LogP contribution is -2.46. The summed E-state index contributed by atoms with van der Waals surface area (Å²) in [6.45, 7) is 1.37. The molecule has 0 spiro atoms. The van der Waals surface area contributed by atoms with Crippen LogP contribution < -0.4 is 11.1 Å². The van der Waals surface area contributed by atoms with Crippen LogP contribution in [0, 0.1) is 0 Å². The van der Waals surface area contributed by atoms with Crippen molar-refractivity contribution in [3.8, 4) is 0 Å². The lowest BCUT2D eigenvalue weighted by atomic mass is 9.76. The minimum Gasteiger partial charge on any atom is -0.376 e. The predicted octanol–water partition coefficient (Wildman–Crippen LogP) is 3.03. The smallest absolute Gasteiger partial charge is 0.376 e. The van der Waals surface area contributed by atoms with Crippen LogP contribution in [0.5, 0.6) is 0 Å². The molecule has 4 nitrogen and oxygen atoms in total. The van der Waals surface area contributed by atoms with E-state index in [0.29, 0.717) is 12.5 Å². The number of halogens is 3. The van der Waals surface area contributed by atoms with Gasteiger partial charge in [-0.3, -0.25) is 4.99 Å². The minimum atomic E-state index is -4.28. The molecule has 3 N–H and O–H groups in total. The Hall–Kier alpha value is -1.76. The average Bonchev–Trinajstić information content (AvgIpc) is 3.01. The summed E-state index contributed by atoms with van der Waals surface area (Å²) >= 11 is 0. The molecule has 0 radical (unpaired) electrons. The van der Waals surface area contributed by atoms with Crippen molar-refractivity contribution < 1.29 is 17.9 Å². The topological polar surface area (TPSA) is 59.6 Å². The van der Waals surface area contributed by atoms with E-state index >= 15 is 0 Å². The van der Waals surface area contributed by atoms with Crippen LogP contribution in [0.25, 0.3) is 0 Å². The number of benzene rings is 1. The Morgan fingerprint density at radius 2 is 1.96 bits per heavy atom. The Morgan fingerprint density at radius 3 is 2.54 bits per heavy atom. The third-order valence-electron chi connectivity index (χ3n) is 4.69. The Labute approximate surface area is 139 Å². The van der Waals surface area contributed by atoms with E-state index in [1.54, 1.807) is 12.1 Å². The van der Waals surface area contributed by atoms with Gasteiger partial charge in [-0.1, -0.05) is 12.1 Å². The van der Waals surface area contributed by atoms with E-state index < -0.39 is 11.7 Å². The summed E-state index contributed by atoms with van der Waals surface area (Å²) in [4.78, 5) is 4.30. The summed E-state index contributed by atoms with van der Waals surface area (Å²) in [6, 6.07) is 5.66. The fourth-order valence-corrected chi connectivity index (χ4v) is 3.20. The molecule has 7 heteroatoms. The SMILES string of the molecule is NC(=NCC1CCCO1)NC1CC(c2ccc(C(F)(F)F)cc2)C1. The fraction of sp³-hybridized carbons (Fsp3) is 0.588. The van der Waals surface area contributed by atoms with E-state index in [4.69, 9.17) is 10.5 Å². The maximum absolute atomic E-state index is 12.6. The zero-order chi connectivity index (χ0) is 17.2. The fourth-order valence-electron chi connectivity index (χ4n) is 3.20. The number of ether oxygens (including phenoxy) is 1. The number of rotatable bonds is 4. The van der Waals surface area contributed by atoms with E-state index in [0.717, 1.165) is 50.0 Å². The van der Waals surface area contributed by atoms with Crippen molar-refractivity contribution in [2.75, 3.05) is 13.2 Å². The largest absolute Gasteiger partial charge is 0.416 e. The molecule has 0 amide bonds. The van der Waals surface area contributed by atoms with E-state index in [2.05, 4.69) is 10.3 Å². The third-order valence-corrected chi connectivity index (χ3v) is 4.69. The third kappa shape index (κ3) is 4.20. The first-order valence-electron chi connectivity index (χ1n) is 8.27. The van der Waals surface area contributed by atoms with Crippen molar-refractivity contribution in [3.63, 3.8) is 0 Å². The molecular formula is C17H22F3N3O. The summed E-state index contributed by atoms with van der Waals surface area (Å²) in [5.74, 6) is 0.692. The van der Waals surface area contributed by atoms with Crippen LogP contribution in [0.2, 0.25) is 0 Å². The number of hydrogen-bond acceptors (Lipinski definition) is 2. The summed E-state index contributed by atoms with van der Waals surface area (Å²) in [5.41, 5.74) is 6.21. The summed E-state index contributed by atoms with van der Waals surface area (Å²) < 4.78 is 43.2. The second-order valence-electron chi connectivity index (χ2n) is 6.49. The van der Waals surface area contributed by atoms with Crippen molar-refractivity contribution in [2.24, 2.45) is 10.7 Å². The molecular weight excluding hydrogens is 319 g/mol. The van der Waals surface area contributed by atoms with E-state index in [1.165, 1.54) is 0 Å². The van der Waals surface area contributed by atoms with Gasteiger partial charge in [-0.25, -0.2) is 0 Å². The molecule has 1 atom stereocenters. The lowest BCUT2D eigenvalue weighted by Gasteiger charge is -2.36. The van der Waals surface area contributed by atoms with Gasteiger partial charge in [-0.2, -0.15) is 13.2 Å². The van der Waals surface area contributed by atoms with Gasteiger partial charge in [0.15, 0.2) is 5.96 Å². The zero-order valence-electron chi connectivity index (χ0n) is 13.4. The van der Waals surface area contributed by atoms with Crippen molar-refractivity contribution in [1.82, 2.24) is 5.32 Å². The van der Waals surface area contributed by atoms with Gasteiger partial charge in [-0.05, 0) is 49.3 Å². The highest BCUT2D eigenvalue weighted by Gasteiger charge is 2.33. The number of nitrogens with one attached hydrogen (secondary N) is 1. The maximum Gasteiger partial charge on any atom is 0.416 e. The predicted molar refractivity (Wildman–Crippen MR) is 85.8 cm³/mol. The van der Waals surface area contributed by atoms with Gasteiger partial charge >= 0.3 is 6.18 Å². The Morgan fingerprint density at radius 1 is 1.25 bits per heavy atom. The Kier molecular flexibility index (Phi) is 4.99. The Bertz CT molecular complexity index is 574. The van der Waals surface area contributed by atoms with Crippen LogP contribution in [-0.2, 0) is 10.9 Å². The molecule has 24 heavy (non-hydrogen) atoms. The molecule has 1 heterocycles. The van der Waals surface area contributed by atoms with Gasteiger partial charge in [0.1, 0.15) is 0 Å². The number of guanidine groups is 1. The number of alkyl halides is 3. The summed E-state index contributed by atoms with van der Waals surface area (Å²) in [6.07, 6.45) is -0.313. The van der Waals surface area contributed by atoms with Crippen LogP contribution >= 0.6 is 0 Å². The van der Waals surface area contributed by atoms with Gasteiger partial charge in [-0.15, -0.1) is 0 Å². The van der Waals surface area contributed by atoms with Crippen LogP contribution in [0.3, 0.4) is 0 Å². The monoisotopic (exact) mass is 341 g/mol. The van der Waals surface area contributed by atoms with Crippen LogP contribution in [0.4, 0.5) is 13.2 Å². The molecule has 1 aliphatic carbocycles. The van der Waals surface area contributed by atoms with E-state index in [1.807, 2.05) is 0 Å². The van der Waals surface area contributed by atoms with Gasteiger partial charge in [0.05, 0.1) is 18.2 Å². The quantitative estimate of drug-likeness (QED) is 0.654. The van der Waals surface area contributed by atoms with Crippen molar-refractivity contribution in [3.05, 3.63) is 35.4 Å². The minimum absolute atomic E-state index is 0.173. The highest BCUT2D eigenvalue weighted by molar-refractivity contribution is 5.78. The Balaban J connectivity index is 1.44. The standard InChI is InChI=1S/C17H22F3N3O/c18-17(19,20)13-5-3-11(4-6-13)12-8-14(9-12)23-16(21)22-10-15-2-1-7-24-15/h3-6,12,14-15H,1-2,7-10H2,(H3,21,22,23). The number of nitrogens with two attached hydrogens (primary N) is 1. The maximum atomic E-state index is 12.6. The van der Waals surface area contributed by atoms with Crippen molar-refractivity contribution >= 4 is 5.96 Å². The second-order valence-corrected chi connectivity index (χ2v) is 6.49. The van der Waals surface area contributed by atoms with Crippen LogP contribution in [0.15, 0.2) is 29.3 Å². The number of hydrogen-bond donors (Lipinski definition) is 2. The normalized spacial score (nSPS) is 27.8. The molecule has 1 saturated carbocycles. The molecule has 1 aromatic carbocycles. The molecule has 2 aliphatic rings. The van der Waals surface area contributed by atoms with Gasteiger partial charge < -0.3 is 15.8 Å². The van der Waals surface area contributed by atoms with E-state index in [-0.39, 0.29) is 18.1 Å². The first kappa shape index (κ1) is 17.1. The van der Waals surface area contributed by atoms with Crippen molar-refractivity contribution in [2.45, 2.75) is 49.9 Å². The highest BCUT2D eigenvalue weighted by Crippen LogP contribution is 2.38. The molecule has 132 valence electrons. The lowest BCUT2D eigenvalue weighted by molar-refractivity contribution is -0.137. The second kappa shape index (κ2) is 7.01. The van der Waals surface area contributed by atoms with Crippen molar-refractivity contribution in [1.29, 1.82) is 0 Å². The molecule has 1 aromatic rings. The van der Waals surface area contributed by atoms with Gasteiger partial charge in [0.25, 0.3) is 0 Å². The molecule has 0 aromatic heterocycles. The molecule has 1 aliphatic heterocycles. The summed E-state index contributed by atoms with van der Waals surface area (Å²) in [5, 5.41) is 3.17. The van der Waals surface area contributed by atoms with Gasteiger partial charge in [0, 0.05) is 12.6 Å². The average molecular weight is 341 g/mol. The molecule has 2 fully saturated rings. The molecule has 1 saturated heterocycles. The van der Waals surface area contributed by atoms with Gasteiger partial charge in [0.2, 0.25) is 0 Å². The van der Waals surface area contributed by atoms with E-state index in [9.17, 15) is 13.2 Å². The number of aliphatic imine (C=N–C) groups is 1.